The Morgan fingerprint density at radius 1 is 0.700 bits per heavy atom. The number of carbonyl (C=O) groups is 4. The van der Waals surface area contributed by atoms with Crippen LogP contribution in [0.15, 0.2) is 103 Å². The Balaban J connectivity index is 0.920. The normalized spacial score (nSPS) is 17.0. The smallest absolute Gasteiger partial charge is 0.407 e. The van der Waals surface area contributed by atoms with E-state index in [1.807, 2.05) is 47.4 Å². The Kier molecular flexibility index (Phi) is 10.3. The number of aromatic nitrogens is 4. The van der Waals surface area contributed by atoms with Gasteiger partial charge in [0.2, 0.25) is 5.91 Å². The predicted molar refractivity (Wildman–Crippen MR) is 227 cm³/mol. The quantitative estimate of drug-likeness (QED) is 0.115. The maximum atomic E-state index is 14.0. The van der Waals surface area contributed by atoms with Crippen molar-refractivity contribution < 1.29 is 28.7 Å². The first kappa shape index (κ1) is 38.3. The molecule has 0 radical (unpaired) electrons. The minimum Gasteiger partial charge on any atom is -0.453 e. The third kappa shape index (κ3) is 7.36. The predicted octanol–water partition coefficient (Wildman–Crippen LogP) is 7.71. The van der Waals surface area contributed by atoms with Gasteiger partial charge in [0.1, 0.15) is 24.2 Å². The molecular weight excluding hydrogens is 761 g/mol. The van der Waals surface area contributed by atoms with Crippen molar-refractivity contribution in [3.8, 4) is 22.3 Å². The van der Waals surface area contributed by atoms with Crippen LogP contribution in [0.3, 0.4) is 0 Å². The number of rotatable bonds is 9. The van der Waals surface area contributed by atoms with Gasteiger partial charge in [-0.05, 0) is 83.2 Å². The number of aromatic amines is 2. The molecule has 304 valence electrons. The summed E-state index contributed by atoms with van der Waals surface area (Å²) in [6, 6.07) is 33.0. The highest BCUT2D eigenvalue weighted by Gasteiger charge is 2.37. The van der Waals surface area contributed by atoms with E-state index in [0.717, 1.165) is 92.4 Å². The molecule has 14 heteroatoms. The van der Waals surface area contributed by atoms with Crippen LogP contribution in [0.2, 0.25) is 0 Å². The minimum absolute atomic E-state index is 0.126. The first-order valence-corrected chi connectivity index (χ1v) is 20.1. The van der Waals surface area contributed by atoms with E-state index >= 15 is 0 Å². The van der Waals surface area contributed by atoms with Crippen LogP contribution in [-0.4, -0.2) is 87.6 Å². The van der Waals surface area contributed by atoms with Crippen LogP contribution >= 0.6 is 0 Å². The fraction of sp³-hybridized carbons (Fsp3) is 0.261. The van der Waals surface area contributed by atoms with Gasteiger partial charge in [0.25, 0.3) is 5.91 Å². The number of nitrogens with zero attached hydrogens (tertiary/aromatic N) is 4. The number of imidazole rings is 2. The Morgan fingerprint density at radius 2 is 1.33 bits per heavy atom. The van der Waals surface area contributed by atoms with Crippen LogP contribution in [-0.2, 0) is 19.1 Å². The first-order chi connectivity index (χ1) is 29.3. The third-order valence-corrected chi connectivity index (χ3v) is 11.7. The lowest BCUT2D eigenvalue weighted by molar-refractivity contribution is -0.134. The molecule has 0 unspecified atom stereocenters. The third-order valence-electron chi connectivity index (χ3n) is 11.7. The Bertz CT molecular complexity index is 2750. The number of H-pyrrole nitrogens is 2. The maximum Gasteiger partial charge on any atom is 0.407 e. The van der Waals surface area contributed by atoms with E-state index < -0.39 is 18.2 Å². The van der Waals surface area contributed by atoms with Gasteiger partial charge in [0.05, 0.1) is 48.4 Å². The Labute approximate surface area is 345 Å². The average Bonchev–Trinajstić information content (AvgIpc) is 4.13. The molecule has 4 N–H and O–H groups in total. The minimum atomic E-state index is -0.886. The number of fused-ring (bicyclic) bond motifs is 4. The first-order valence-electron chi connectivity index (χ1n) is 20.1. The molecule has 2 aliphatic heterocycles. The Morgan fingerprint density at radius 3 is 2.07 bits per heavy atom. The van der Waals surface area contributed by atoms with Gasteiger partial charge < -0.3 is 39.9 Å². The summed E-state index contributed by atoms with van der Waals surface area (Å²) in [5.41, 5.74) is 8.39. The zero-order valence-corrected chi connectivity index (χ0v) is 33.2. The highest BCUT2D eigenvalue weighted by molar-refractivity contribution is 6.05. The van der Waals surface area contributed by atoms with Crippen molar-refractivity contribution in [2.75, 3.05) is 33.9 Å². The molecule has 60 heavy (non-hydrogen) atoms. The van der Waals surface area contributed by atoms with Crippen LogP contribution in [0.1, 0.15) is 61.0 Å². The van der Waals surface area contributed by atoms with Crippen molar-refractivity contribution in [1.29, 1.82) is 0 Å². The molecule has 9 rings (SSSR count). The molecule has 0 spiro atoms. The van der Waals surface area contributed by atoms with Gasteiger partial charge in [0, 0.05) is 18.5 Å². The van der Waals surface area contributed by atoms with E-state index in [-0.39, 0.29) is 30.4 Å². The molecule has 4 heterocycles. The molecule has 2 saturated heterocycles. The number of carbonyl (C=O) groups excluding carboxylic acids is 4. The number of amides is 4. The van der Waals surface area contributed by atoms with E-state index in [2.05, 4.69) is 86.0 Å². The maximum absolute atomic E-state index is 14.0. The number of benzene rings is 5. The van der Waals surface area contributed by atoms with Crippen molar-refractivity contribution in [3.05, 3.63) is 120 Å². The lowest BCUT2D eigenvalue weighted by Gasteiger charge is -2.28. The van der Waals surface area contributed by atoms with E-state index in [1.165, 1.54) is 14.2 Å². The fourth-order valence-corrected chi connectivity index (χ4v) is 8.64. The highest BCUT2D eigenvalue weighted by Crippen LogP contribution is 2.37. The van der Waals surface area contributed by atoms with Gasteiger partial charge in [-0.25, -0.2) is 19.6 Å². The second-order valence-corrected chi connectivity index (χ2v) is 15.2. The molecule has 2 aromatic heterocycles. The fourth-order valence-electron chi connectivity index (χ4n) is 8.64. The lowest BCUT2D eigenvalue weighted by atomic mass is 9.98. The number of likely N-dealkylation sites (tertiary alicyclic amines) is 2. The zero-order chi connectivity index (χ0) is 41.3. The lowest BCUT2D eigenvalue weighted by Crippen LogP contribution is -2.42. The number of hydrogen-bond donors (Lipinski definition) is 4. The van der Waals surface area contributed by atoms with Crippen LogP contribution in [0, 0.1) is 0 Å². The van der Waals surface area contributed by atoms with E-state index in [4.69, 9.17) is 14.7 Å². The van der Waals surface area contributed by atoms with E-state index in [0.29, 0.717) is 18.7 Å². The van der Waals surface area contributed by atoms with Gasteiger partial charge in [-0.3, -0.25) is 9.59 Å². The molecule has 5 aromatic carbocycles. The van der Waals surface area contributed by atoms with Crippen LogP contribution in [0.25, 0.3) is 55.1 Å². The molecule has 4 amide bonds. The molecule has 0 saturated carbocycles. The summed E-state index contributed by atoms with van der Waals surface area (Å²) in [5, 5.41) is 7.27. The summed E-state index contributed by atoms with van der Waals surface area (Å²) < 4.78 is 9.46. The summed E-state index contributed by atoms with van der Waals surface area (Å²) >= 11 is 0. The van der Waals surface area contributed by atoms with Gasteiger partial charge >= 0.3 is 12.2 Å². The van der Waals surface area contributed by atoms with Crippen molar-refractivity contribution in [3.63, 3.8) is 0 Å². The number of nitrogens with one attached hydrogen (secondary N) is 4. The monoisotopic (exact) mass is 804 g/mol. The summed E-state index contributed by atoms with van der Waals surface area (Å²) in [7, 11) is 2.55. The van der Waals surface area contributed by atoms with Gasteiger partial charge in [-0.1, -0.05) is 78.9 Å². The summed E-state index contributed by atoms with van der Waals surface area (Å²) in [6.07, 6.45) is 1.91. The van der Waals surface area contributed by atoms with Crippen molar-refractivity contribution in [2.24, 2.45) is 0 Å². The highest BCUT2D eigenvalue weighted by atomic mass is 16.5. The van der Waals surface area contributed by atoms with E-state index in [1.54, 1.807) is 4.90 Å². The molecule has 2 aliphatic rings. The van der Waals surface area contributed by atoms with Gasteiger partial charge in [-0.15, -0.1) is 0 Å². The second-order valence-electron chi connectivity index (χ2n) is 15.2. The zero-order valence-electron chi connectivity index (χ0n) is 33.2. The molecule has 0 aliphatic carbocycles. The molecular formula is C46H44N8O6. The number of methoxy groups -OCH3 is 2. The summed E-state index contributed by atoms with van der Waals surface area (Å²) in [6.45, 7) is 1.03. The van der Waals surface area contributed by atoms with Crippen LogP contribution < -0.4 is 10.6 Å². The van der Waals surface area contributed by atoms with E-state index in [9.17, 15) is 19.2 Å². The molecule has 3 atom stereocenters. The topological polar surface area (TPSA) is 175 Å². The molecule has 0 bridgehead atoms. The largest absolute Gasteiger partial charge is 0.453 e. The Hall–Kier alpha value is -7.22. The summed E-state index contributed by atoms with van der Waals surface area (Å²) in [4.78, 5) is 71.2. The number of ether oxygens (including phenoxy) is 2. The van der Waals surface area contributed by atoms with Crippen molar-refractivity contribution in [1.82, 2.24) is 40.4 Å². The van der Waals surface area contributed by atoms with Crippen molar-refractivity contribution >= 4 is 56.8 Å². The van der Waals surface area contributed by atoms with Gasteiger partial charge in [0.15, 0.2) is 0 Å². The average molecular weight is 805 g/mol. The number of hydrogen-bond acceptors (Lipinski definition) is 8. The van der Waals surface area contributed by atoms with Crippen LogP contribution in [0.4, 0.5) is 9.59 Å². The van der Waals surface area contributed by atoms with Crippen molar-refractivity contribution in [2.45, 2.75) is 43.8 Å². The molecule has 14 nitrogen and oxygen atoms in total. The van der Waals surface area contributed by atoms with Gasteiger partial charge in [-0.2, -0.15) is 0 Å². The second kappa shape index (κ2) is 16.2. The molecule has 7 aromatic rings. The SMILES string of the molecule is COC(=O)NCC(=O)N1CCC[C@H]1c1nc2ccc(-c3ccc(-c4ccc5c(ccc6[nH]c([C@@H]7CCCN7C(=O)[C@H](NC(=O)OC)c7ccccc7)nc65)c4)cc3)cc2[nH]1. The standard InChI is InChI=1S/C46H44N8O6/c1-59-45(57)47-26-39(55)53-22-6-10-37(53)42-48-34-20-17-31(25-36(34)50-42)28-14-12-27(13-15-28)30-16-19-33-32(24-30)18-21-35-41(33)51-43(49-35)38-11-7-23-54(38)44(56)40(52-46(58)60-2)29-8-4-3-5-9-29/h3-5,8-9,12-21,24-25,37-38,40H,6-7,10-11,22-23,26H2,1-2H3,(H,47,57)(H,48,50)(H,49,51)(H,52,58)/t37-,38-,40+/m0/s1. The van der Waals surface area contributed by atoms with Crippen LogP contribution in [0.5, 0.6) is 0 Å². The number of alkyl carbamates (subject to hydrolysis) is 2. The summed E-state index contributed by atoms with van der Waals surface area (Å²) in [5.74, 6) is 1.07. The molecule has 2 fully saturated rings.